The molecule has 21 heavy (non-hydrogen) atoms. The molecule has 6 nitrogen and oxygen atoms in total. The number of carbonyl (C=O) groups is 1. The number of carbonyl (C=O) groups excluding carboxylic acids is 1. The van der Waals surface area contributed by atoms with Crippen LogP contribution in [0.1, 0.15) is 5.56 Å². The molecule has 0 radical (unpaired) electrons. The summed E-state index contributed by atoms with van der Waals surface area (Å²) >= 11 is 0. The maximum absolute atomic E-state index is 12.7. The molecule has 1 heterocycles. The molecule has 1 amide bonds. The SMILES string of the molecule is O=C(OCc1ccccc1)N1C(C(F)(F)F)COS1(=O)=O. The van der Waals surface area contributed by atoms with Gasteiger partial charge in [-0.2, -0.15) is 25.9 Å². The minimum absolute atomic E-state index is 0.351. The maximum Gasteiger partial charge on any atom is 0.426 e. The van der Waals surface area contributed by atoms with Crippen molar-refractivity contribution in [1.29, 1.82) is 0 Å². The molecule has 0 spiro atoms. The number of alkyl halides is 3. The molecular weight excluding hydrogens is 315 g/mol. The summed E-state index contributed by atoms with van der Waals surface area (Å²) in [5, 5.41) is 0. The van der Waals surface area contributed by atoms with Gasteiger partial charge in [0.15, 0.2) is 6.04 Å². The Hall–Kier alpha value is -1.81. The molecule has 0 N–H and O–H groups in total. The Morgan fingerprint density at radius 1 is 1.33 bits per heavy atom. The van der Waals surface area contributed by atoms with Crippen molar-refractivity contribution in [2.24, 2.45) is 0 Å². The Bertz CT molecular complexity index is 616. The first kappa shape index (κ1) is 15.6. The van der Waals surface area contributed by atoms with Crippen molar-refractivity contribution < 1.29 is 35.3 Å². The summed E-state index contributed by atoms with van der Waals surface area (Å²) in [5.74, 6) is 0. The summed E-state index contributed by atoms with van der Waals surface area (Å²) in [5.41, 5.74) is 0.506. The summed E-state index contributed by atoms with van der Waals surface area (Å²) in [7, 11) is -4.78. The van der Waals surface area contributed by atoms with E-state index in [1.807, 2.05) is 0 Å². The fraction of sp³-hybridized carbons (Fsp3) is 0.364. The van der Waals surface area contributed by atoms with E-state index in [4.69, 9.17) is 0 Å². The third-order valence-corrected chi connectivity index (χ3v) is 3.98. The standard InChI is InChI=1S/C11H10F3NO5S/c12-11(13,14)9-7-20-21(17,18)15(9)10(16)19-6-8-4-2-1-3-5-8/h1-5,9H,6-7H2. The quantitative estimate of drug-likeness (QED) is 0.829. The van der Waals surface area contributed by atoms with E-state index < -0.39 is 39.5 Å². The summed E-state index contributed by atoms with van der Waals surface area (Å²) in [4.78, 5) is 11.6. The van der Waals surface area contributed by atoms with Gasteiger partial charge in [0.2, 0.25) is 0 Å². The molecule has 1 unspecified atom stereocenters. The fourth-order valence-corrected chi connectivity index (χ4v) is 2.80. The lowest BCUT2D eigenvalue weighted by Crippen LogP contribution is -2.47. The van der Waals surface area contributed by atoms with E-state index in [2.05, 4.69) is 8.92 Å². The van der Waals surface area contributed by atoms with Crippen LogP contribution in [0.5, 0.6) is 0 Å². The molecule has 0 aliphatic carbocycles. The monoisotopic (exact) mass is 325 g/mol. The van der Waals surface area contributed by atoms with Crippen LogP contribution < -0.4 is 0 Å². The van der Waals surface area contributed by atoms with Crippen LogP contribution >= 0.6 is 0 Å². The van der Waals surface area contributed by atoms with Crippen molar-refractivity contribution in [2.75, 3.05) is 6.61 Å². The predicted octanol–water partition coefficient (Wildman–Crippen LogP) is 1.83. The molecule has 1 saturated heterocycles. The van der Waals surface area contributed by atoms with E-state index in [0.717, 1.165) is 0 Å². The van der Waals surface area contributed by atoms with Gasteiger partial charge in [0.25, 0.3) is 0 Å². The van der Waals surface area contributed by atoms with E-state index in [1.165, 1.54) is 0 Å². The lowest BCUT2D eigenvalue weighted by Gasteiger charge is -2.21. The van der Waals surface area contributed by atoms with Crippen LogP contribution in [-0.4, -0.2) is 37.6 Å². The van der Waals surface area contributed by atoms with E-state index in [1.54, 1.807) is 30.3 Å². The minimum Gasteiger partial charge on any atom is -0.444 e. The van der Waals surface area contributed by atoms with Crippen LogP contribution in [0.2, 0.25) is 0 Å². The van der Waals surface area contributed by atoms with Gasteiger partial charge >= 0.3 is 22.6 Å². The molecule has 10 heteroatoms. The van der Waals surface area contributed by atoms with E-state index >= 15 is 0 Å². The Kier molecular flexibility index (Phi) is 4.10. The van der Waals surface area contributed by atoms with Gasteiger partial charge in [-0.15, -0.1) is 0 Å². The number of halogens is 3. The van der Waals surface area contributed by atoms with Crippen LogP contribution in [0.15, 0.2) is 30.3 Å². The van der Waals surface area contributed by atoms with Crippen molar-refractivity contribution in [3.63, 3.8) is 0 Å². The molecule has 116 valence electrons. The second kappa shape index (κ2) is 5.53. The van der Waals surface area contributed by atoms with Crippen LogP contribution in [0.25, 0.3) is 0 Å². The lowest BCUT2D eigenvalue weighted by atomic mass is 10.2. The number of nitrogens with zero attached hydrogens (tertiary/aromatic N) is 1. The average Bonchev–Trinajstić information content (AvgIpc) is 2.73. The fourth-order valence-electron chi connectivity index (χ4n) is 1.66. The smallest absolute Gasteiger partial charge is 0.426 e. The van der Waals surface area contributed by atoms with Crippen molar-refractivity contribution in [2.45, 2.75) is 18.8 Å². The third kappa shape index (κ3) is 3.45. The molecular formula is C11H10F3NO5S. The van der Waals surface area contributed by atoms with Crippen LogP contribution in [0.3, 0.4) is 0 Å². The number of benzene rings is 1. The minimum atomic E-state index is -4.94. The first-order valence-electron chi connectivity index (χ1n) is 5.68. The van der Waals surface area contributed by atoms with Crippen LogP contribution in [0, 0.1) is 0 Å². The highest BCUT2D eigenvalue weighted by atomic mass is 32.2. The molecule has 1 aliphatic rings. The van der Waals surface area contributed by atoms with Crippen molar-refractivity contribution in [1.82, 2.24) is 4.31 Å². The molecule has 1 aromatic rings. The van der Waals surface area contributed by atoms with E-state index in [0.29, 0.717) is 5.56 Å². The Labute approximate surface area is 118 Å². The molecule has 0 bridgehead atoms. The summed E-state index contributed by atoms with van der Waals surface area (Å²) in [6.45, 7) is -1.53. The third-order valence-electron chi connectivity index (χ3n) is 2.66. The number of hydrogen-bond donors (Lipinski definition) is 0. The molecule has 0 aromatic heterocycles. The molecule has 1 aliphatic heterocycles. The highest BCUT2D eigenvalue weighted by Crippen LogP contribution is 2.32. The largest absolute Gasteiger partial charge is 0.444 e. The first-order valence-corrected chi connectivity index (χ1v) is 7.04. The predicted molar refractivity (Wildman–Crippen MR) is 63.2 cm³/mol. The van der Waals surface area contributed by atoms with E-state index in [9.17, 15) is 26.4 Å². The van der Waals surface area contributed by atoms with Crippen LogP contribution in [-0.2, 0) is 25.8 Å². The molecule has 2 rings (SSSR count). The Balaban J connectivity index is 2.12. The second-order valence-corrected chi connectivity index (χ2v) is 5.62. The number of ether oxygens (including phenoxy) is 1. The normalized spacial score (nSPS) is 21.3. The van der Waals surface area contributed by atoms with Crippen molar-refractivity contribution in [3.05, 3.63) is 35.9 Å². The summed E-state index contributed by atoms with van der Waals surface area (Å²) in [6, 6.07) is 5.54. The first-order chi connectivity index (χ1) is 9.72. The van der Waals surface area contributed by atoms with Gasteiger partial charge in [0.05, 0.1) is 6.61 Å². The zero-order valence-electron chi connectivity index (χ0n) is 10.4. The van der Waals surface area contributed by atoms with Gasteiger partial charge in [-0.25, -0.2) is 4.79 Å². The second-order valence-electron chi connectivity index (χ2n) is 4.14. The average molecular weight is 325 g/mol. The lowest BCUT2D eigenvalue weighted by molar-refractivity contribution is -0.167. The Morgan fingerprint density at radius 2 is 1.95 bits per heavy atom. The Morgan fingerprint density at radius 3 is 2.52 bits per heavy atom. The summed E-state index contributed by atoms with van der Waals surface area (Å²) in [6.07, 6.45) is -6.56. The molecule has 0 saturated carbocycles. The zero-order chi connectivity index (χ0) is 15.7. The number of rotatable bonds is 2. The molecule has 1 fully saturated rings. The topological polar surface area (TPSA) is 72.9 Å². The van der Waals surface area contributed by atoms with Gasteiger partial charge in [0.1, 0.15) is 6.61 Å². The van der Waals surface area contributed by atoms with Gasteiger partial charge in [-0.3, -0.25) is 4.18 Å². The molecule has 1 aromatic carbocycles. The zero-order valence-corrected chi connectivity index (χ0v) is 11.2. The van der Waals surface area contributed by atoms with Crippen molar-refractivity contribution in [3.8, 4) is 0 Å². The van der Waals surface area contributed by atoms with Gasteiger partial charge in [-0.1, -0.05) is 30.3 Å². The molecule has 1 atom stereocenters. The summed E-state index contributed by atoms with van der Waals surface area (Å²) < 4.78 is 69.0. The number of amides is 1. The van der Waals surface area contributed by atoms with E-state index in [-0.39, 0.29) is 6.61 Å². The van der Waals surface area contributed by atoms with Crippen molar-refractivity contribution >= 4 is 16.4 Å². The van der Waals surface area contributed by atoms with Gasteiger partial charge < -0.3 is 4.74 Å². The van der Waals surface area contributed by atoms with Gasteiger partial charge in [0, 0.05) is 0 Å². The highest BCUT2D eigenvalue weighted by molar-refractivity contribution is 7.85. The highest BCUT2D eigenvalue weighted by Gasteiger charge is 2.56. The maximum atomic E-state index is 12.7. The van der Waals surface area contributed by atoms with Gasteiger partial charge in [-0.05, 0) is 5.56 Å². The number of hydrogen-bond acceptors (Lipinski definition) is 5. The van der Waals surface area contributed by atoms with Crippen LogP contribution in [0.4, 0.5) is 18.0 Å².